The Balaban J connectivity index is 0.000000599. The van der Waals surface area contributed by atoms with Gasteiger partial charge in [-0.05, 0) is 48.6 Å². The van der Waals surface area contributed by atoms with Gasteiger partial charge in [0.2, 0.25) is 0 Å². The fourth-order valence-electron chi connectivity index (χ4n) is 4.86. The van der Waals surface area contributed by atoms with E-state index >= 15 is 0 Å². The van der Waals surface area contributed by atoms with Crippen molar-refractivity contribution < 1.29 is 29.4 Å². The van der Waals surface area contributed by atoms with E-state index in [1.165, 1.54) is 50.5 Å². The van der Waals surface area contributed by atoms with Crippen molar-refractivity contribution in [3.63, 3.8) is 0 Å². The lowest BCUT2D eigenvalue weighted by molar-refractivity contribution is -0.159. The Morgan fingerprint density at radius 2 is 1.58 bits per heavy atom. The van der Waals surface area contributed by atoms with Crippen LogP contribution in [0.4, 0.5) is 10.5 Å². The molecule has 1 aromatic carbocycles. The molecule has 38 heavy (non-hydrogen) atoms. The molecule has 1 saturated heterocycles. The molecule has 10 nitrogen and oxygen atoms in total. The van der Waals surface area contributed by atoms with Gasteiger partial charge in [0.05, 0.1) is 11.9 Å². The van der Waals surface area contributed by atoms with Gasteiger partial charge in [-0.25, -0.2) is 14.4 Å². The van der Waals surface area contributed by atoms with Crippen LogP contribution in [0.5, 0.6) is 0 Å². The van der Waals surface area contributed by atoms with Gasteiger partial charge in [-0.2, -0.15) is 0 Å². The van der Waals surface area contributed by atoms with Crippen molar-refractivity contribution in [3.05, 3.63) is 59.9 Å². The van der Waals surface area contributed by atoms with Crippen molar-refractivity contribution in [1.82, 2.24) is 14.8 Å². The Morgan fingerprint density at radius 1 is 0.895 bits per heavy atom. The van der Waals surface area contributed by atoms with Gasteiger partial charge in [0.15, 0.2) is 0 Å². The van der Waals surface area contributed by atoms with Gasteiger partial charge in [-0.1, -0.05) is 50.7 Å². The van der Waals surface area contributed by atoms with Crippen molar-refractivity contribution in [2.45, 2.75) is 51.4 Å². The molecule has 1 saturated carbocycles. The van der Waals surface area contributed by atoms with Crippen molar-refractivity contribution in [3.8, 4) is 0 Å². The summed E-state index contributed by atoms with van der Waals surface area (Å²) in [5.41, 5.74) is 2.69. The third-order valence-electron chi connectivity index (χ3n) is 6.93. The van der Waals surface area contributed by atoms with Crippen molar-refractivity contribution in [2.24, 2.45) is 5.92 Å². The molecule has 1 aromatic heterocycles. The summed E-state index contributed by atoms with van der Waals surface area (Å²) in [5.74, 6) is -2.68. The average Bonchev–Trinajstić information content (AvgIpc) is 2.94. The highest BCUT2D eigenvalue weighted by atomic mass is 16.4. The largest absolute Gasteiger partial charge is 0.473 e. The number of benzene rings is 1. The zero-order chi connectivity index (χ0) is 27.3. The lowest BCUT2D eigenvalue weighted by Gasteiger charge is -2.34. The Kier molecular flexibility index (Phi) is 11.1. The Bertz CT molecular complexity index is 1070. The monoisotopic (exact) mass is 524 g/mol. The van der Waals surface area contributed by atoms with Gasteiger partial charge in [-0.3, -0.25) is 9.78 Å². The number of amides is 3. The van der Waals surface area contributed by atoms with E-state index in [2.05, 4.69) is 22.4 Å². The van der Waals surface area contributed by atoms with Gasteiger partial charge < -0.3 is 25.3 Å². The van der Waals surface area contributed by atoms with Gasteiger partial charge in [-0.15, -0.1) is 0 Å². The summed E-state index contributed by atoms with van der Waals surface area (Å²) in [7, 11) is 0. The molecule has 1 aliphatic carbocycles. The van der Waals surface area contributed by atoms with E-state index in [9.17, 15) is 9.59 Å². The molecule has 204 valence electrons. The molecule has 0 spiro atoms. The first kappa shape index (κ1) is 28.6. The number of pyridine rings is 1. The maximum absolute atomic E-state index is 13.0. The SMILES string of the molecule is O=C(Nc1cccnc1)N1CCN(C(=O)c2cccc(CCCC3CCCCC3)c2)CC1.O=C(O)C(=O)O. The van der Waals surface area contributed by atoms with E-state index < -0.39 is 11.9 Å². The fourth-order valence-corrected chi connectivity index (χ4v) is 4.86. The maximum atomic E-state index is 13.0. The molecule has 3 N–H and O–H groups in total. The number of urea groups is 1. The summed E-state index contributed by atoms with van der Waals surface area (Å²) in [5, 5.41) is 17.6. The predicted octanol–water partition coefficient (Wildman–Crippen LogP) is 4.13. The lowest BCUT2D eigenvalue weighted by Crippen LogP contribution is -2.51. The summed E-state index contributed by atoms with van der Waals surface area (Å²) in [6.45, 7) is 2.15. The molecular weight excluding hydrogens is 488 g/mol. The number of aromatic nitrogens is 1. The number of nitrogens with one attached hydrogen (secondary N) is 1. The van der Waals surface area contributed by atoms with Crippen molar-refractivity contribution >= 4 is 29.6 Å². The van der Waals surface area contributed by atoms with Crippen LogP contribution in [0, 0.1) is 5.92 Å². The Hall–Kier alpha value is -3.95. The third kappa shape index (κ3) is 9.17. The highest BCUT2D eigenvalue weighted by Crippen LogP contribution is 2.28. The number of aliphatic carboxylic acids is 2. The number of carboxylic acids is 2. The molecular formula is C28H36N4O6. The molecule has 3 amide bonds. The van der Waals surface area contributed by atoms with Crippen LogP contribution < -0.4 is 5.32 Å². The summed E-state index contributed by atoms with van der Waals surface area (Å²) in [4.78, 5) is 51.3. The van der Waals surface area contributed by atoms with E-state index in [0.717, 1.165) is 17.9 Å². The van der Waals surface area contributed by atoms with Gasteiger partial charge in [0.25, 0.3) is 5.91 Å². The lowest BCUT2D eigenvalue weighted by atomic mass is 9.85. The van der Waals surface area contributed by atoms with E-state index in [0.29, 0.717) is 31.9 Å². The number of aryl methyl sites for hydroxylation is 1. The van der Waals surface area contributed by atoms with Gasteiger partial charge in [0.1, 0.15) is 0 Å². The van der Waals surface area contributed by atoms with Crippen LogP contribution in [0.1, 0.15) is 60.9 Å². The quantitative estimate of drug-likeness (QED) is 0.483. The molecule has 0 atom stereocenters. The minimum Gasteiger partial charge on any atom is -0.473 e. The molecule has 2 heterocycles. The third-order valence-corrected chi connectivity index (χ3v) is 6.93. The highest BCUT2D eigenvalue weighted by molar-refractivity contribution is 6.27. The smallest absolute Gasteiger partial charge is 0.414 e. The summed E-state index contributed by atoms with van der Waals surface area (Å²) < 4.78 is 0. The first-order valence-electron chi connectivity index (χ1n) is 13.1. The number of anilines is 1. The second kappa shape index (κ2) is 14.7. The topological polar surface area (TPSA) is 140 Å². The molecule has 1 aliphatic heterocycles. The first-order valence-corrected chi connectivity index (χ1v) is 13.1. The average molecular weight is 525 g/mol. The Labute approximate surface area is 222 Å². The zero-order valence-electron chi connectivity index (χ0n) is 21.6. The number of carbonyl (C=O) groups excluding carboxylic acids is 2. The maximum Gasteiger partial charge on any atom is 0.414 e. The van der Waals surface area contributed by atoms with E-state index in [1.54, 1.807) is 23.4 Å². The fraction of sp³-hybridized carbons (Fsp3) is 0.464. The van der Waals surface area contributed by atoms with E-state index in [4.69, 9.17) is 19.8 Å². The van der Waals surface area contributed by atoms with Crippen LogP contribution >= 0.6 is 0 Å². The van der Waals surface area contributed by atoms with Crippen molar-refractivity contribution in [1.29, 1.82) is 0 Å². The van der Waals surface area contributed by atoms with Crippen LogP contribution in [-0.4, -0.2) is 75.1 Å². The van der Waals surface area contributed by atoms with Crippen LogP contribution in [0.3, 0.4) is 0 Å². The second-order valence-corrected chi connectivity index (χ2v) is 9.66. The molecule has 0 unspecified atom stereocenters. The normalized spacial score (nSPS) is 15.7. The van der Waals surface area contributed by atoms with Crippen LogP contribution in [0.2, 0.25) is 0 Å². The number of piperazine rings is 1. The van der Waals surface area contributed by atoms with Crippen LogP contribution in [0.15, 0.2) is 48.8 Å². The van der Waals surface area contributed by atoms with Gasteiger partial charge in [0, 0.05) is 37.9 Å². The van der Waals surface area contributed by atoms with E-state index in [-0.39, 0.29) is 11.9 Å². The molecule has 2 aliphatic rings. The number of rotatable bonds is 6. The molecule has 2 fully saturated rings. The number of carbonyl (C=O) groups is 4. The molecule has 2 aromatic rings. The molecule has 4 rings (SSSR count). The summed E-state index contributed by atoms with van der Waals surface area (Å²) in [6.07, 6.45) is 13.8. The minimum atomic E-state index is -1.82. The number of nitrogens with zero attached hydrogens (tertiary/aromatic N) is 3. The Morgan fingerprint density at radius 3 is 2.21 bits per heavy atom. The number of carboxylic acid groups (broad SMARTS) is 2. The van der Waals surface area contributed by atoms with Crippen molar-refractivity contribution in [2.75, 3.05) is 31.5 Å². The summed E-state index contributed by atoms with van der Waals surface area (Å²) >= 11 is 0. The molecule has 10 heteroatoms. The molecule has 0 bridgehead atoms. The number of hydrogen-bond acceptors (Lipinski definition) is 5. The minimum absolute atomic E-state index is 0.0615. The predicted molar refractivity (Wildman–Crippen MR) is 142 cm³/mol. The standard InChI is InChI=1S/C26H34N4O2.C2H2O4/c31-25(23-12-5-11-22(19-23)10-4-9-21-7-2-1-3-8-21)29-15-17-30(18-16-29)26(32)28-24-13-6-14-27-20-24;3-1(4)2(5)6/h5-6,11-14,19-21H,1-4,7-10,15-18H2,(H,28,32);(H,3,4)(H,5,6). The first-order chi connectivity index (χ1) is 18.3. The molecule has 0 radical (unpaired) electrons. The van der Waals surface area contributed by atoms with Gasteiger partial charge >= 0.3 is 18.0 Å². The highest BCUT2D eigenvalue weighted by Gasteiger charge is 2.25. The zero-order valence-corrected chi connectivity index (χ0v) is 21.6. The van der Waals surface area contributed by atoms with E-state index in [1.807, 2.05) is 23.1 Å². The van der Waals surface area contributed by atoms with Crippen LogP contribution in [0.25, 0.3) is 0 Å². The summed E-state index contributed by atoms with van der Waals surface area (Å²) in [6, 6.07) is 11.6. The van der Waals surface area contributed by atoms with Crippen LogP contribution in [-0.2, 0) is 16.0 Å². The second-order valence-electron chi connectivity index (χ2n) is 9.66. The number of hydrogen-bond donors (Lipinski definition) is 3.